The maximum absolute atomic E-state index is 12.2. The number of hydrogen-bond acceptors (Lipinski definition) is 4. The summed E-state index contributed by atoms with van der Waals surface area (Å²) in [4.78, 5) is 20.1. The van der Waals surface area contributed by atoms with Crippen LogP contribution in [0.4, 0.5) is 0 Å². The first-order valence-electron chi connectivity index (χ1n) is 9.00. The molecule has 4 rings (SSSR count). The van der Waals surface area contributed by atoms with Crippen LogP contribution in [-0.2, 0) is 4.79 Å². The van der Waals surface area contributed by atoms with Crippen LogP contribution < -0.4 is 5.43 Å². The van der Waals surface area contributed by atoms with E-state index in [4.69, 9.17) is 0 Å². The fourth-order valence-electron chi connectivity index (χ4n) is 3.20. The van der Waals surface area contributed by atoms with Gasteiger partial charge in [-0.25, -0.2) is 10.4 Å². The smallest absolute Gasteiger partial charge is 0.250 e. The Balaban J connectivity index is 1.40. The summed E-state index contributed by atoms with van der Waals surface area (Å²) < 4.78 is 0. The minimum absolute atomic E-state index is 0.161. The van der Waals surface area contributed by atoms with E-state index in [9.17, 15) is 4.79 Å². The van der Waals surface area contributed by atoms with Crippen molar-refractivity contribution in [1.29, 1.82) is 0 Å². The van der Waals surface area contributed by atoms with E-state index in [1.54, 1.807) is 6.21 Å². The predicted molar refractivity (Wildman–Crippen MR) is 116 cm³/mol. The van der Waals surface area contributed by atoms with Gasteiger partial charge >= 0.3 is 0 Å². The number of amides is 1. The van der Waals surface area contributed by atoms with Gasteiger partial charge in [-0.05, 0) is 37.6 Å². The molecule has 1 amide bonds. The number of fused-ring (bicyclic) bond motifs is 2. The van der Waals surface area contributed by atoms with Crippen LogP contribution in [0.5, 0.6) is 0 Å². The fraction of sp³-hybridized carbons (Fsp3) is 0.136. The van der Waals surface area contributed by atoms with E-state index in [2.05, 4.69) is 33.5 Å². The van der Waals surface area contributed by atoms with Gasteiger partial charge in [-0.2, -0.15) is 5.10 Å². The molecule has 0 aliphatic carbocycles. The third-order valence-electron chi connectivity index (χ3n) is 4.58. The Bertz CT molecular complexity index is 1200. The number of hydrazone groups is 1. The molecule has 0 spiro atoms. The Morgan fingerprint density at radius 3 is 2.75 bits per heavy atom. The molecule has 2 N–H and O–H groups in total. The van der Waals surface area contributed by atoms with Crippen LogP contribution in [0.15, 0.2) is 64.7 Å². The molecule has 0 fully saturated rings. The van der Waals surface area contributed by atoms with E-state index in [1.165, 1.54) is 11.8 Å². The highest BCUT2D eigenvalue weighted by Crippen LogP contribution is 2.23. The van der Waals surface area contributed by atoms with E-state index in [1.807, 2.05) is 55.5 Å². The second-order valence-corrected chi connectivity index (χ2v) is 7.58. The molecule has 28 heavy (non-hydrogen) atoms. The monoisotopic (exact) mass is 388 g/mol. The van der Waals surface area contributed by atoms with Crippen LogP contribution in [-0.4, -0.2) is 27.8 Å². The summed E-state index contributed by atoms with van der Waals surface area (Å²) in [6, 6.07) is 18.1. The van der Waals surface area contributed by atoms with Crippen LogP contribution in [0.25, 0.3) is 21.8 Å². The Labute approximate surface area is 167 Å². The summed E-state index contributed by atoms with van der Waals surface area (Å²) in [5.41, 5.74) is 7.76. The van der Waals surface area contributed by atoms with E-state index in [0.717, 1.165) is 43.7 Å². The standard InChI is InChI=1S/C22H20N4OS/c1-14-11-22(25-19-9-5-3-7-16(14)19)28-13-21(27)26-23-12-18-15(2)24-20-10-6-4-8-17(18)20/h3-12,24H,13H2,1-2H3,(H,26,27). The zero-order chi connectivity index (χ0) is 19.5. The van der Waals surface area contributed by atoms with Gasteiger partial charge in [-0.15, -0.1) is 0 Å². The van der Waals surface area contributed by atoms with Gasteiger partial charge in [0, 0.05) is 27.5 Å². The van der Waals surface area contributed by atoms with Crippen molar-refractivity contribution in [3.05, 3.63) is 71.4 Å². The number of thioether (sulfide) groups is 1. The van der Waals surface area contributed by atoms with Crippen molar-refractivity contribution < 1.29 is 4.79 Å². The molecule has 6 heteroatoms. The molecule has 0 radical (unpaired) electrons. The van der Waals surface area contributed by atoms with Gasteiger partial charge in [0.05, 0.1) is 22.5 Å². The van der Waals surface area contributed by atoms with Crippen LogP contribution in [0.3, 0.4) is 0 Å². The SMILES string of the molecule is Cc1[nH]c2ccccc2c1C=NNC(=O)CSc1cc(C)c2ccccc2n1. The largest absolute Gasteiger partial charge is 0.358 e. The van der Waals surface area contributed by atoms with Crippen molar-refractivity contribution in [3.63, 3.8) is 0 Å². The zero-order valence-corrected chi connectivity index (χ0v) is 16.5. The van der Waals surface area contributed by atoms with Gasteiger partial charge in [0.1, 0.15) is 0 Å². The molecule has 0 bridgehead atoms. The predicted octanol–water partition coefficient (Wildman–Crippen LogP) is 4.58. The quantitative estimate of drug-likeness (QED) is 0.299. The maximum Gasteiger partial charge on any atom is 0.250 e. The third kappa shape index (κ3) is 3.77. The Kier molecular flexibility index (Phi) is 5.12. The molecular formula is C22H20N4OS. The highest BCUT2D eigenvalue weighted by molar-refractivity contribution is 7.99. The molecule has 5 nitrogen and oxygen atoms in total. The van der Waals surface area contributed by atoms with E-state index in [0.29, 0.717) is 0 Å². The Morgan fingerprint density at radius 1 is 1.14 bits per heavy atom. The zero-order valence-electron chi connectivity index (χ0n) is 15.7. The van der Waals surface area contributed by atoms with Crippen LogP contribution in [0, 0.1) is 13.8 Å². The van der Waals surface area contributed by atoms with Gasteiger partial charge in [0.2, 0.25) is 5.91 Å². The van der Waals surface area contributed by atoms with Crippen LogP contribution in [0.2, 0.25) is 0 Å². The average Bonchev–Trinajstić information content (AvgIpc) is 3.02. The molecule has 0 unspecified atom stereocenters. The number of hydrogen-bond donors (Lipinski definition) is 2. The number of aromatic nitrogens is 2. The minimum atomic E-state index is -0.161. The molecular weight excluding hydrogens is 368 g/mol. The third-order valence-corrected chi connectivity index (χ3v) is 5.49. The lowest BCUT2D eigenvalue weighted by atomic mass is 10.1. The van der Waals surface area contributed by atoms with Crippen LogP contribution >= 0.6 is 11.8 Å². The first-order chi connectivity index (χ1) is 13.6. The lowest BCUT2D eigenvalue weighted by molar-refractivity contribution is -0.118. The summed E-state index contributed by atoms with van der Waals surface area (Å²) in [5.74, 6) is 0.0981. The van der Waals surface area contributed by atoms with Gasteiger partial charge in [0.25, 0.3) is 0 Å². The van der Waals surface area contributed by atoms with E-state index in [-0.39, 0.29) is 11.7 Å². The lowest BCUT2D eigenvalue weighted by Crippen LogP contribution is -2.19. The molecule has 0 atom stereocenters. The molecule has 0 aliphatic rings. The number of H-pyrrole nitrogens is 1. The van der Waals surface area contributed by atoms with Gasteiger partial charge in [-0.3, -0.25) is 4.79 Å². The van der Waals surface area contributed by atoms with Gasteiger partial charge in [0.15, 0.2) is 0 Å². The second kappa shape index (κ2) is 7.86. The fourth-order valence-corrected chi connectivity index (χ4v) is 3.96. The number of aromatic amines is 1. The number of nitrogens with zero attached hydrogens (tertiary/aromatic N) is 2. The average molecular weight is 388 g/mol. The molecule has 0 saturated heterocycles. The maximum atomic E-state index is 12.2. The van der Waals surface area contributed by atoms with Gasteiger partial charge < -0.3 is 4.98 Å². The first-order valence-corrected chi connectivity index (χ1v) is 9.99. The van der Waals surface area contributed by atoms with Crippen LogP contribution in [0.1, 0.15) is 16.8 Å². The summed E-state index contributed by atoms with van der Waals surface area (Å²) in [7, 11) is 0. The second-order valence-electron chi connectivity index (χ2n) is 6.59. The summed E-state index contributed by atoms with van der Waals surface area (Å²) in [6.45, 7) is 4.05. The highest BCUT2D eigenvalue weighted by atomic mass is 32.2. The van der Waals surface area contributed by atoms with Crippen molar-refractivity contribution in [3.8, 4) is 0 Å². The number of carbonyl (C=O) groups excluding carboxylic acids is 1. The number of carbonyl (C=O) groups is 1. The number of rotatable bonds is 5. The number of benzene rings is 2. The summed E-state index contributed by atoms with van der Waals surface area (Å²) >= 11 is 1.41. The number of pyridine rings is 1. The Morgan fingerprint density at radius 2 is 1.89 bits per heavy atom. The minimum Gasteiger partial charge on any atom is -0.358 e. The topological polar surface area (TPSA) is 70.1 Å². The number of para-hydroxylation sites is 2. The Hall–Kier alpha value is -3.12. The normalized spacial score (nSPS) is 11.5. The van der Waals surface area contributed by atoms with E-state index < -0.39 is 0 Å². The van der Waals surface area contributed by atoms with Crippen molar-refractivity contribution in [2.75, 3.05) is 5.75 Å². The number of aryl methyl sites for hydroxylation is 2. The van der Waals surface area contributed by atoms with E-state index >= 15 is 0 Å². The molecule has 4 aromatic rings. The molecule has 0 saturated carbocycles. The van der Waals surface area contributed by atoms with Crippen molar-refractivity contribution in [2.24, 2.45) is 5.10 Å². The summed E-state index contributed by atoms with van der Waals surface area (Å²) in [5, 5.41) is 7.18. The summed E-state index contributed by atoms with van der Waals surface area (Å²) in [6.07, 6.45) is 1.69. The molecule has 2 aromatic heterocycles. The molecule has 2 heterocycles. The van der Waals surface area contributed by atoms with Crippen molar-refractivity contribution in [1.82, 2.24) is 15.4 Å². The van der Waals surface area contributed by atoms with Crippen molar-refractivity contribution >= 4 is 45.7 Å². The first kappa shape index (κ1) is 18.3. The molecule has 0 aliphatic heterocycles. The highest BCUT2D eigenvalue weighted by Gasteiger charge is 2.07. The van der Waals surface area contributed by atoms with Gasteiger partial charge in [-0.1, -0.05) is 48.2 Å². The lowest BCUT2D eigenvalue weighted by Gasteiger charge is -2.05. The number of nitrogens with one attached hydrogen (secondary N) is 2. The van der Waals surface area contributed by atoms with Crippen molar-refractivity contribution in [2.45, 2.75) is 18.9 Å². The molecule has 140 valence electrons. The molecule has 2 aromatic carbocycles.